The summed E-state index contributed by atoms with van der Waals surface area (Å²) in [5.41, 5.74) is -1.06. The minimum absolute atomic E-state index is 0.174. The molecule has 11 nitrogen and oxygen atoms in total. The lowest BCUT2D eigenvalue weighted by atomic mass is 10.2. The molecular weight excluding hydrogens is 426 g/mol. The predicted octanol–water partition coefficient (Wildman–Crippen LogP) is 2.13. The van der Waals surface area contributed by atoms with Gasteiger partial charge in [-0.3, -0.25) is 14.7 Å². The normalized spacial score (nSPS) is 11.4. The first-order valence-electron chi connectivity index (χ1n) is 7.83. The average molecular weight is 447 g/mol. The number of ether oxygens (including phenoxy) is 1. The zero-order chi connectivity index (χ0) is 22.4. The van der Waals surface area contributed by atoms with E-state index in [1.54, 1.807) is 18.2 Å². The standard InChI is InChI=1S/C13H12N2O8S2.C3H9N/c1-24(18,19)15(25(20,21)22)12-8-7-10(14(16)17)9-13(12)23-11-5-3-2-4-6-11;1-4(2)3/h2-9H,1H3,(H,20,21,22);1-3H3. The SMILES string of the molecule is CN(C)C.CS(=O)(=O)N(c1ccc([N+](=O)[O-])cc1Oc1ccccc1)S(=O)(=O)O. The van der Waals surface area contributed by atoms with Crippen molar-refractivity contribution in [2.24, 2.45) is 0 Å². The van der Waals surface area contributed by atoms with Gasteiger partial charge < -0.3 is 9.64 Å². The van der Waals surface area contributed by atoms with Gasteiger partial charge in [-0.2, -0.15) is 8.42 Å². The molecule has 0 saturated heterocycles. The van der Waals surface area contributed by atoms with E-state index >= 15 is 0 Å². The van der Waals surface area contributed by atoms with E-state index in [9.17, 15) is 31.5 Å². The van der Waals surface area contributed by atoms with Gasteiger partial charge in [0.2, 0.25) is 10.0 Å². The van der Waals surface area contributed by atoms with Gasteiger partial charge in [0.25, 0.3) is 5.69 Å². The smallest absolute Gasteiger partial charge is 0.373 e. The second kappa shape index (κ2) is 9.65. The molecule has 2 rings (SSSR count). The number of para-hydroxylation sites is 1. The van der Waals surface area contributed by atoms with Gasteiger partial charge in [0.1, 0.15) is 11.4 Å². The topological polar surface area (TPSA) is 147 Å². The van der Waals surface area contributed by atoms with E-state index in [0.717, 1.165) is 18.2 Å². The van der Waals surface area contributed by atoms with Gasteiger partial charge in [-0.1, -0.05) is 18.2 Å². The van der Waals surface area contributed by atoms with Gasteiger partial charge >= 0.3 is 10.3 Å². The third-order valence-corrected chi connectivity index (χ3v) is 5.63. The molecule has 0 amide bonds. The summed E-state index contributed by atoms with van der Waals surface area (Å²) < 4.78 is 61.0. The van der Waals surface area contributed by atoms with Crippen LogP contribution >= 0.6 is 0 Å². The van der Waals surface area contributed by atoms with Crippen LogP contribution in [0.3, 0.4) is 0 Å². The summed E-state index contributed by atoms with van der Waals surface area (Å²) in [5, 5.41) is 10.9. The summed E-state index contributed by atoms with van der Waals surface area (Å²) in [6, 6.07) is 10.4. The maximum absolute atomic E-state index is 11.8. The van der Waals surface area contributed by atoms with Crippen LogP contribution in [0.2, 0.25) is 0 Å². The molecule has 0 unspecified atom stereocenters. The molecule has 0 bridgehead atoms. The van der Waals surface area contributed by atoms with Crippen LogP contribution in [0.5, 0.6) is 11.5 Å². The maximum atomic E-state index is 11.8. The van der Waals surface area contributed by atoms with Crippen LogP contribution < -0.4 is 8.45 Å². The largest absolute Gasteiger partial charge is 0.455 e. The van der Waals surface area contributed by atoms with Gasteiger partial charge in [-0.05, 0) is 39.3 Å². The number of nitro groups is 1. The van der Waals surface area contributed by atoms with Crippen molar-refractivity contribution < 1.29 is 31.0 Å². The highest BCUT2D eigenvalue weighted by atomic mass is 32.3. The number of non-ortho nitro benzene ring substituents is 1. The minimum atomic E-state index is -5.23. The Hall–Kier alpha value is -2.74. The predicted molar refractivity (Wildman–Crippen MR) is 108 cm³/mol. The number of sulfonamides is 1. The zero-order valence-corrected chi connectivity index (χ0v) is 17.7. The Morgan fingerprint density at radius 3 is 1.93 bits per heavy atom. The first-order valence-corrected chi connectivity index (χ1v) is 11.1. The van der Waals surface area contributed by atoms with Crippen molar-refractivity contribution in [2.75, 3.05) is 31.1 Å². The highest BCUT2D eigenvalue weighted by Gasteiger charge is 2.33. The summed E-state index contributed by atoms with van der Waals surface area (Å²) in [6.45, 7) is 0. The summed E-state index contributed by atoms with van der Waals surface area (Å²) in [6.07, 6.45) is 0.550. The van der Waals surface area contributed by atoms with Crippen molar-refractivity contribution in [2.45, 2.75) is 0 Å². The molecule has 2 aromatic rings. The molecule has 160 valence electrons. The number of anilines is 1. The number of hydrogen-bond acceptors (Lipinski definition) is 8. The van der Waals surface area contributed by atoms with E-state index in [0.29, 0.717) is 6.26 Å². The second-order valence-corrected chi connectivity index (χ2v) is 9.43. The second-order valence-electron chi connectivity index (χ2n) is 6.10. The van der Waals surface area contributed by atoms with Crippen LogP contribution in [-0.4, -0.2) is 58.6 Å². The Bertz CT molecular complexity index is 1020. The molecule has 2 aromatic carbocycles. The molecule has 0 atom stereocenters. The van der Waals surface area contributed by atoms with Crippen molar-refractivity contribution >= 4 is 31.7 Å². The highest BCUT2D eigenvalue weighted by Crippen LogP contribution is 2.37. The monoisotopic (exact) mass is 447 g/mol. The molecule has 0 radical (unpaired) electrons. The van der Waals surface area contributed by atoms with Crippen molar-refractivity contribution in [1.82, 2.24) is 4.90 Å². The molecule has 29 heavy (non-hydrogen) atoms. The quantitative estimate of drug-likeness (QED) is 0.399. The third-order valence-electron chi connectivity index (χ3n) is 2.83. The maximum Gasteiger partial charge on any atom is 0.373 e. The van der Waals surface area contributed by atoms with Gasteiger partial charge in [0.15, 0.2) is 5.75 Å². The Morgan fingerprint density at radius 1 is 1.00 bits per heavy atom. The van der Waals surface area contributed by atoms with E-state index in [1.165, 1.54) is 12.1 Å². The summed E-state index contributed by atoms with van der Waals surface area (Å²) in [7, 11) is -3.71. The van der Waals surface area contributed by atoms with Crippen LogP contribution in [0.25, 0.3) is 0 Å². The number of benzene rings is 2. The third kappa shape index (κ3) is 7.65. The van der Waals surface area contributed by atoms with Gasteiger partial charge in [-0.15, -0.1) is 3.71 Å². The number of nitrogens with zero attached hydrogens (tertiary/aromatic N) is 3. The van der Waals surface area contributed by atoms with Gasteiger partial charge in [0, 0.05) is 6.07 Å². The number of nitro benzene ring substituents is 1. The first-order chi connectivity index (χ1) is 13.2. The molecule has 0 aliphatic carbocycles. The van der Waals surface area contributed by atoms with Crippen LogP contribution in [0, 0.1) is 10.1 Å². The molecule has 0 aliphatic rings. The molecule has 0 spiro atoms. The highest BCUT2D eigenvalue weighted by molar-refractivity contribution is 8.07. The fourth-order valence-corrected chi connectivity index (χ4v) is 4.21. The number of rotatable bonds is 6. The fourth-order valence-electron chi connectivity index (χ4n) is 1.94. The van der Waals surface area contributed by atoms with Crippen LogP contribution in [-0.2, 0) is 20.3 Å². The zero-order valence-electron chi connectivity index (χ0n) is 16.1. The van der Waals surface area contributed by atoms with Gasteiger partial charge in [0.05, 0.1) is 17.2 Å². The molecule has 0 aliphatic heterocycles. The molecule has 0 aromatic heterocycles. The Kier molecular flexibility index (Phi) is 8.08. The van der Waals surface area contributed by atoms with Crippen molar-refractivity contribution in [3.63, 3.8) is 0 Å². The Balaban J connectivity index is 0.000000960. The lowest BCUT2D eigenvalue weighted by Crippen LogP contribution is -2.35. The lowest BCUT2D eigenvalue weighted by Gasteiger charge is -2.20. The summed E-state index contributed by atoms with van der Waals surface area (Å²) in [5.74, 6) is -0.267. The molecule has 13 heteroatoms. The van der Waals surface area contributed by atoms with E-state index in [1.807, 2.05) is 26.0 Å². The van der Waals surface area contributed by atoms with Crippen LogP contribution in [0.15, 0.2) is 48.5 Å². The average Bonchev–Trinajstić information content (AvgIpc) is 2.54. The summed E-state index contributed by atoms with van der Waals surface area (Å²) >= 11 is 0. The molecule has 0 saturated carbocycles. The molecular formula is C16H21N3O8S2. The van der Waals surface area contributed by atoms with E-state index in [2.05, 4.69) is 0 Å². The first kappa shape index (κ1) is 24.3. The van der Waals surface area contributed by atoms with Crippen molar-refractivity contribution in [1.29, 1.82) is 0 Å². The molecule has 1 N–H and O–H groups in total. The van der Waals surface area contributed by atoms with Gasteiger partial charge in [-0.25, -0.2) is 8.42 Å². The van der Waals surface area contributed by atoms with Crippen LogP contribution in [0.1, 0.15) is 0 Å². The summed E-state index contributed by atoms with van der Waals surface area (Å²) in [4.78, 5) is 12.2. The van der Waals surface area contributed by atoms with E-state index in [4.69, 9.17) is 4.74 Å². The van der Waals surface area contributed by atoms with Crippen molar-refractivity contribution in [3.8, 4) is 11.5 Å². The minimum Gasteiger partial charge on any atom is -0.455 e. The Labute approximate surface area is 169 Å². The van der Waals surface area contributed by atoms with Crippen LogP contribution in [0.4, 0.5) is 11.4 Å². The van der Waals surface area contributed by atoms with Crippen molar-refractivity contribution in [3.05, 3.63) is 58.6 Å². The molecule has 0 heterocycles. The molecule has 0 fully saturated rings. The number of hydrogen-bond donors (Lipinski definition) is 1. The Morgan fingerprint density at radius 2 is 1.52 bits per heavy atom. The fraction of sp³-hybridized carbons (Fsp3) is 0.250. The van der Waals surface area contributed by atoms with E-state index in [-0.39, 0.29) is 9.46 Å². The van der Waals surface area contributed by atoms with E-state index < -0.39 is 42.4 Å². The lowest BCUT2D eigenvalue weighted by molar-refractivity contribution is -0.384.